The lowest BCUT2D eigenvalue weighted by Gasteiger charge is -2.39. The van der Waals surface area contributed by atoms with Crippen LogP contribution in [0.1, 0.15) is 6.92 Å². The van der Waals surface area contributed by atoms with Crippen LogP contribution in [0.3, 0.4) is 0 Å². The summed E-state index contributed by atoms with van der Waals surface area (Å²) >= 11 is 1.61. The van der Waals surface area contributed by atoms with Crippen molar-refractivity contribution in [1.29, 1.82) is 0 Å². The Balaban J connectivity index is 1.17. The smallest absolute Gasteiger partial charge is 0.178 e. The van der Waals surface area contributed by atoms with Gasteiger partial charge in [0.15, 0.2) is 5.58 Å². The largest absolute Gasteiger partial charge is 0.495 e. The van der Waals surface area contributed by atoms with E-state index in [1.54, 1.807) is 18.4 Å². The first-order valence-electron chi connectivity index (χ1n) is 11.4. The van der Waals surface area contributed by atoms with E-state index in [4.69, 9.17) is 14.0 Å². The molecular weight excluding hydrogens is 450 g/mol. The molecule has 8 heteroatoms. The molecule has 0 radical (unpaired) electrons. The summed E-state index contributed by atoms with van der Waals surface area (Å²) < 4.78 is 17.9. The zero-order valence-corrected chi connectivity index (χ0v) is 20.3. The van der Waals surface area contributed by atoms with E-state index < -0.39 is 5.60 Å². The van der Waals surface area contributed by atoms with Crippen LogP contribution in [0, 0.1) is 0 Å². The molecule has 4 aromatic rings. The third-order valence-electron chi connectivity index (χ3n) is 6.10. The number of rotatable bonds is 8. The van der Waals surface area contributed by atoms with Crippen LogP contribution in [0.15, 0.2) is 64.5 Å². The number of methoxy groups -OCH3 is 1. The van der Waals surface area contributed by atoms with E-state index in [0.717, 1.165) is 59.2 Å². The highest BCUT2D eigenvalue weighted by atomic mass is 32.1. The first-order valence-corrected chi connectivity index (χ1v) is 12.3. The Bertz CT molecular complexity index is 1240. The van der Waals surface area contributed by atoms with Gasteiger partial charge >= 0.3 is 0 Å². The molecule has 1 fully saturated rings. The molecule has 0 amide bonds. The Morgan fingerprint density at radius 1 is 1.09 bits per heavy atom. The summed E-state index contributed by atoms with van der Waals surface area (Å²) in [5.41, 5.74) is 2.69. The topological polar surface area (TPSA) is 71.2 Å². The molecule has 0 bridgehead atoms. The number of para-hydroxylation sites is 2. The standard InChI is InChI=1S/C26H29N3O4S/c1-26(30,17-28-11-13-29(14-12-28)21-8-3-4-9-22(21)31-2)18-32-20-7-5-6-19(16-20)24-25-23(33-27-24)10-15-34-25/h3-10,15-16,30H,11-14,17-18H2,1-2H3/t26-/m0/s1. The van der Waals surface area contributed by atoms with Gasteiger partial charge in [0.05, 0.1) is 12.8 Å². The summed E-state index contributed by atoms with van der Waals surface area (Å²) in [6.07, 6.45) is 0. The molecule has 1 atom stereocenters. The maximum atomic E-state index is 11.0. The molecule has 0 unspecified atom stereocenters. The number of hydrogen-bond donors (Lipinski definition) is 1. The van der Waals surface area contributed by atoms with Gasteiger partial charge in [0, 0.05) is 38.3 Å². The second-order valence-electron chi connectivity index (χ2n) is 8.89. The van der Waals surface area contributed by atoms with Crippen LogP contribution >= 0.6 is 11.3 Å². The van der Waals surface area contributed by atoms with Crippen LogP contribution in [-0.4, -0.2) is 67.2 Å². The van der Waals surface area contributed by atoms with Crippen molar-refractivity contribution in [2.24, 2.45) is 0 Å². The molecule has 1 saturated heterocycles. The van der Waals surface area contributed by atoms with Gasteiger partial charge in [0.1, 0.15) is 34.1 Å². The van der Waals surface area contributed by atoms with Gasteiger partial charge in [-0.25, -0.2) is 0 Å². The van der Waals surface area contributed by atoms with Crippen LogP contribution in [-0.2, 0) is 0 Å². The van der Waals surface area contributed by atoms with Crippen LogP contribution in [0.2, 0.25) is 0 Å². The first-order chi connectivity index (χ1) is 16.5. The van der Waals surface area contributed by atoms with Crippen molar-refractivity contribution in [2.45, 2.75) is 12.5 Å². The second kappa shape index (κ2) is 9.66. The lowest BCUT2D eigenvalue weighted by molar-refractivity contribution is -0.0184. The monoisotopic (exact) mass is 479 g/mol. The third-order valence-corrected chi connectivity index (χ3v) is 7.00. The molecule has 0 aliphatic carbocycles. The van der Waals surface area contributed by atoms with Gasteiger partial charge < -0.3 is 24.0 Å². The molecule has 2 aromatic heterocycles. The van der Waals surface area contributed by atoms with Gasteiger partial charge in [-0.05, 0) is 42.6 Å². The number of aliphatic hydroxyl groups is 1. The van der Waals surface area contributed by atoms with E-state index in [9.17, 15) is 5.11 Å². The van der Waals surface area contributed by atoms with E-state index in [-0.39, 0.29) is 6.61 Å². The molecule has 178 valence electrons. The highest BCUT2D eigenvalue weighted by Crippen LogP contribution is 2.33. The lowest BCUT2D eigenvalue weighted by Crippen LogP contribution is -2.52. The minimum Gasteiger partial charge on any atom is -0.495 e. The van der Waals surface area contributed by atoms with Crippen LogP contribution in [0.4, 0.5) is 5.69 Å². The highest BCUT2D eigenvalue weighted by Gasteiger charge is 2.28. The molecular formula is C26H29N3O4S. The Hall–Kier alpha value is -3.07. The van der Waals surface area contributed by atoms with Crippen LogP contribution in [0.5, 0.6) is 11.5 Å². The van der Waals surface area contributed by atoms with Gasteiger partial charge in [0.2, 0.25) is 0 Å². The number of nitrogens with zero attached hydrogens (tertiary/aromatic N) is 3. The van der Waals surface area contributed by atoms with E-state index >= 15 is 0 Å². The number of ether oxygens (including phenoxy) is 2. The molecule has 2 aromatic carbocycles. The molecule has 1 N–H and O–H groups in total. The Morgan fingerprint density at radius 2 is 1.91 bits per heavy atom. The summed E-state index contributed by atoms with van der Waals surface area (Å²) in [6.45, 7) is 6.08. The van der Waals surface area contributed by atoms with Crippen LogP contribution in [0.25, 0.3) is 21.5 Å². The van der Waals surface area contributed by atoms with E-state index in [1.807, 2.05) is 60.8 Å². The first kappa shape index (κ1) is 22.7. The predicted molar refractivity (Wildman–Crippen MR) is 135 cm³/mol. The number of aromatic nitrogens is 1. The SMILES string of the molecule is COc1ccccc1N1CCN(C[C@](C)(O)COc2cccc(-c3noc4ccsc34)c2)CC1. The molecule has 0 saturated carbocycles. The van der Waals surface area contributed by atoms with Crippen molar-refractivity contribution in [3.05, 3.63) is 60.0 Å². The molecule has 3 heterocycles. The second-order valence-corrected chi connectivity index (χ2v) is 9.81. The fourth-order valence-electron chi connectivity index (χ4n) is 4.40. The Labute approximate surface area is 203 Å². The zero-order valence-electron chi connectivity index (χ0n) is 19.4. The maximum Gasteiger partial charge on any atom is 0.178 e. The number of piperazine rings is 1. The quantitative estimate of drug-likeness (QED) is 0.398. The summed E-state index contributed by atoms with van der Waals surface area (Å²) in [5, 5.41) is 17.2. The number of fused-ring (bicyclic) bond motifs is 1. The summed E-state index contributed by atoms with van der Waals surface area (Å²) in [6, 6.07) is 17.8. The predicted octanol–water partition coefficient (Wildman–Crippen LogP) is 4.52. The Kier molecular flexibility index (Phi) is 6.45. The molecule has 5 rings (SSSR count). The Morgan fingerprint density at radius 3 is 2.74 bits per heavy atom. The average Bonchev–Trinajstić information content (AvgIpc) is 3.48. The molecule has 0 spiro atoms. The number of β-amino-alcohol motifs (C(OH)–C–C–N with tert-alkyl or cyclic N) is 1. The van der Waals surface area contributed by atoms with Gasteiger partial charge in [-0.15, -0.1) is 11.3 Å². The highest BCUT2D eigenvalue weighted by molar-refractivity contribution is 7.17. The van der Waals surface area contributed by atoms with E-state index in [2.05, 4.69) is 21.0 Å². The van der Waals surface area contributed by atoms with Crippen molar-refractivity contribution >= 4 is 27.3 Å². The fraction of sp³-hybridized carbons (Fsp3) is 0.346. The summed E-state index contributed by atoms with van der Waals surface area (Å²) in [4.78, 5) is 4.62. The average molecular weight is 480 g/mol. The van der Waals surface area contributed by atoms with Gasteiger partial charge in [0.25, 0.3) is 0 Å². The lowest BCUT2D eigenvalue weighted by atomic mass is 10.1. The van der Waals surface area contributed by atoms with E-state index in [0.29, 0.717) is 12.3 Å². The van der Waals surface area contributed by atoms with Gasteiger partial charge in [-0.1, -0.05) is 29.4 Å². The van der Waals surface area contributed by atoms with Gasteiger partial charge in [-0.3, -0.25) is 4.90 Å². The van der Waals surface area contributed by atoms with Crippen LogP contribution < -0.4 is 14.4 Å². The van der Waals surface area contributed by atoms with E-state index in [1.165, 1.54) is 0 Å². The number of anilines is 1. The van der Waals surface area contributed by atoms with Crippen molar-refractivity contribution < 1.29 is 19.1 Å². The maximum absolute atomic E-state index is 11.0. The molecule has 1 aliphatic heterocycles. The molecule has 34 heavy (non-hydrogen) atoms. The normalized spacial score (nSPS) is 16.5. The van der Waals surface area contributed by atoms with Gasteiger partial charge in [-0.2, -0.15) is 0 Å². The number of benzene rings is 2. The summed E-state index contributed by atoms with van der Waals surface area (Å²) in [7, 11) is 1.70. The number of hydrogen-bond acceptors (Lipinski definition) is 8. The zero-order chi connectivity index (χ0) is 23.5. The molecule has 1 aliphatic rings. The third kappa shape index (κ3) is 4.89. The fourth-order valence-corrected chi connectivity index (χ4v) is 5.22. The summed E-state index contributed by atoms with van der Waals surface area (Å²) in [5.74, 6) is 1.59. The van der Waals surface area contributed by atoms with Crippen molar-refractivity contribution in [2.75, 3.05) is 51.3 Å². The van der Waals surface area contributed by atoms with Crippen molar-refractivity contribution in [1.82, 2.24) is 10.1 Å². The minimum absolute atomic E-state index is 0.205. The van der Waals surface area contributed by atoms with Crippen molar-refractivity contribution in [3.8, 4) is 22.8 Å². The minimum atomic E-state index is -0.975. The molecule has 7 nitrogen and oxygen atoms in total. The van der Waals surface area contributed by atoms with Crippen molar-refractivity contribution in [3.63, 3.8) is 0 Å². The number of thiophene rings is 1.